The van der Waals surface area contributed by atoms with Crippen LogP contribution in [0.15, 0.2) is 23.3 Å². The minimum absolute atomic E-state index is 0.166. The summed E-state index contributed by atoms with van der Waals surface area (Å²) >= 11 is 0. The van der Waals surface area contributed by atoms with Gasteiger partial charge in [-0.15, -0.1) is 0 Å². The lowest BCUT2D eigenvalue weighted by atomic mass is 10.2. The fourth-order valence-corrected chi connectivity index (χ4v) is 0.475. The third-order valence-electron chi connectivity index (χ3n) is 1.15. The Labute approximate surface area is 65.3 Å². The summed E-state index contributed by atoms with van der Waals surface area (Å²) in [7, 11) is 0. The van der Waals surface area contributed by atoms with Gasteiger partial charge in [-0.3, -0.25) is 0 Å². The molecule has 0 aromatic heterocycles. The molecule has 0 aromatic rings. The van der Waals surface area contributed by atoms with E-state index in [1.165, 1.54) is 13.0 Å². The summed E-state index contributed by atoms with van der Waals surface area (Å²) in [5.41, 5.74) is 0.532. The van der Waals surface area contributed by atoms with E-state index in [-0.39, 0.29) is 5.57 Å². The maximum absolute atomic E-state index is 10.3. The molecule has 0 heterocycles. The maximum Gasteiger partial charge on any atom is 0.331 e. The molecule has 3 heteroatoms. The van der Waals surface area contributed by atoms with E-state index in [1.54, 1.807) is 13.0 Å². The Kier molecular flexibility index (Phi) is 3.68. The van der Waals surface area contributed by atoms with Crippen LogP contribution in [-0.4, -0.2) is 11.1 Å². The first kappa shape index (κ1) is 9.44. The summed E-state index contributed by atoms with van der Waals surface area (Å²) in [6.07, 6.45) is 2.90. The minimum atomic E-state index is -1.00. The second-order valence-corrected chi connectivity index (χ2v) is 1.99. The van der Waals surface area contributed by atoms with Crippen molar-refractivity contribution in [1.82, 2.24) is 0 Å². The third kappa shape index (κ3) is 3.21. The van der Waals surface area contributed by atoms with Gasteiger partial charge in [-0.05, 0) is 19.9 Å². The van der Waals surface area contributed by atoms with E-state index in [4.69, 9.17) is 10.4 Å². The molecule has 0 bridgehead atoms. The molecule has 3 nitrogen and oxygen atoms in total. The van der Waals surface area contributed by atoms with Gasteiger partial charge >= 0.3 is 5.97 Å². The number of rotatable bonds is 2. The predicted molar refractivity (Wildman–Crippen MR) is 40.8 cm³/mol. The van der Waals surface area contributed by atoms with Crippen molar-refractivity contribution in [3.63, 3.8) is 0 Å². The summed E-state index contributed by atoms with van der Waals surface area (Å²) in [5, 5.41) is 16.8. The Morgan fingerprint density at radius 2 is 2.18 bits per heavy atom. The third-order valence-corrected chi connectivity index (χ3v) is 1.15. The summed E-state index contributed by atoms with van der Waals surface area (Å²) in [4.78, 5) is 10.3. The Morgan fingerprint density at radius 3 is 2.45 bits per heavy atom. The van der Waals surface area contributed by atoms with Gasteiger partial charge in [0.1, 0.15) is 0 Å². The highest BCUT2D eigenvalue weighted by Gasteiger charge is 1.99. The molecule has 0 aliphatic carbocycles. The number of carboxylic acid groups (broad SMARTS) is 1. The highest BCUT2D eigenvalue weighted by atomic mass is 16.4. The number of carbonyl (C=O) groups is 1. The van der Waals surface area contributed by atoms with Gasteiger partial charge in [-0.25, -0.2) is 4.79 Å². The van der Waals surface area contributed by atoms with Gasteiger partial charge in [-0.2, -0.15) is 5.26 Å². The molecule has 0 aromatic carbocycles. The van der Waals surface area contributed by atoms with Crippen LogP contribution < -0.4 is 0 Å². The number of aliphatic carboxylic acids is 1. The number of allylic oxidation sites excluding steroid dienone is 3. The zero-order valence-electron chi connectivity index (χ0n) is 6.46. The Balaban J connectivity index is 4.58. The molecule has 0 atom stereocenters. The predicted octanol–water partition coefficient (Wildman–Crippen LogP) is 1.49. The van der Waals surface area contributed by atoms with Crippen molar-refractivity contribution in [1.29, 1.82) is 5.26 Å². The van der Waals surface area contributed by atoms with E-state index in [9.17, 15) is 4.79 Å². The number of hydrogen-bond donors (Lipinski definition) is 1. The van der Waals surface area contributed by atoms with Crippen LogP contribution in [0.1, 0.15) is 13.8 Å². The normalized spacial score (nSPS) is 12.5. The largest absolute Gasteiger partial charge is 0.478 e. The first-order valence-electron chi connectivity index (χ1n) is 3.09. The fourth-order valence-electron chi connectivity index (χ4n) is 0.475. The molecule has 0 aliphatic rings. The van der Waals surface area contributed by atoms with Crippen molar-refractivity contribution in [2.24, 2.45) is 0 Å². The smallest absolute Gasteiger partial charge is 0.331 e. The summed E-state index contributed by atoms with van der Waals surface area (Å²) in [6.45, 7) is 3.13. The zero-order valence-corrected chi connectivity index (χ0v) is 6.46. The molecule has 0 aliphatic heterocycles. The highest BCUT2D eigenvalue weighted by Crippen LogP contribution is 2.00. The fraction of sp³-hybridized carbons (Fsp3) is 0.250. The van der Waals surface area contributed by atoms with Crippen molar-refractivity contribution in [2.75, 3.05) is 0 Å². The summed E-state index contributed by atoms with van der Waals surface area (Å²) < 4.78 is 0. The average Bonchev–Trinajstić information content (AvgIpc) is 1.99. The van der Waals surface area contributed by atoms with E-state index in [0.29, 0.717) is 5.57 Å². The van der Waals surface area contributed by atoms with Crippen molar-refractivity contribution in [2.45, 2.75) is 13.8 Å². The first-order valence-corrected chi connectivity index (χ1v) is 3.09. The second kappa shape index (κ2) is 4.29. The molecule has 11 heavy (non-hydrogen) atoms. The van der Waals surface area contributed by atoms with Crippen LogP contribution in [0.5, 0.6) is 0 Å². The van der Waals surface area contributed by atoms with E-state index in [2.05, 4.69) is 0 Å². The number of nitrogens with zero attached hydrogens (tertiary/aromatic N) is 1. The second-order valence-electron chi connectivity index (χ2n) is 1.99. The molecule has 58 valence electrons. The quantitative estimate of drug-likeness (QED) is 0.369. The minimum Gasteiger partial charge on any atom is -0.478 e. The van der Waals surface area contributed by atoms with Gasteiger partial charge in [0.15, 0.2) is 0 Å². The SMILES string of the molecule is CC=C(C#N)C=C(C)C(=O)O. The van der Waals surface area contributed by atoms with Crippen molar-refractivity contribution in [3.8, 4) is 6.07 Å². The lowest BCUT2D eigenvalue weighted by Gasteiger charge is -1.90. The van der Waals surface area contributed by atoms with Crippen molar-refractivity contribution < 1.29 is 9.90 Å². The van der Waals surface area contributed by atoms with Crippen molar-refractivity contribution >= 4 is 5.97 Å². The molecular formula is C8H9NO2. The van der Waals surface area contributed by atoms with Crippen LogP contribution in [0.3, 0.4) is 0 Å². The van der Waals surface area contributed by atoms with Crippen LogP contribution >= 0.6 is 0 Å². The van der Waals surface area contributed by atoms with Gasteiger partial charge in [-0.1, -0.05) is 6.08 Å². The summed E-state index contributed by atoms with van der Waals surface area (Å²) in [6, 6.07) is 1.86. The molecule has 0 spiro atoms. The highest BCUT2D eigenvalue weighted by molar-refractivity contribution is 5.86. The van der Waals surface area contributed by atoms with Crippen LogP contribution in [0.4, 0.5) is 0 Å². The lowest BCUT2D eigenvalue weighted by molar-refractivity contribution is -0.132. The molecule has 1 N–H and O–H groups in total. The zero-order chi connectivity index (χ0) is 8.85. The molecule has 0 rings (SSSR count). The molecule has 0 saturated carbocycles. The molecule has 0 fully saturated rings. The standard InChI is InChI=1S/C8H9NO2/c1-3-7(5-9)4-6(2)8(10)11/h3-4H,1-2H3,(H,10,11). The van der Waals surface area contributed by atoms with Gasteiger partial charge in [0, 0.05) is 11.1 Å². The van der Waals surface area contributed by atoms with Gasteiger partial charge in [0.25, 0.3) is 0 Å². The van der Waals surface area contributed by atoms with Crippen LogP contribution in [0.2, 0.25) is 0 Å². The monoisotopic (exact) mass is 151 g/mol. The number of nitriles is 1. The molecule has 0 radical (unpaired) electrons. The lowest BCUT2D eigenvalue weighted by Crippen LogP contribution is -1.95. The van der Waals surface area contributed by atoms with Crippen LogP contribution in [-0.2, 0) is 4.79 Å². The van der Waals surface area contributed by atoms with Crippen LogP contribution in [0.25, 0.3) is 0 Å². The molecule has 0 unspecified atom stereocenters. The van der Waals surface area contributed by atoms with Gasteiger partial charge in [0.2, 0.25) is 0 Å². The van der Waals surface area contributed by atoms with E-state index in [0.717, 1.165) is 0 Å². The number of carboxylic acids is 1. The summed E-state index contributed by atoms with van der Waals surface area (Å²) in [5.74, 6) is -1.00. The number of hydrogen-bond acceptors (Lipinski definition) is 2. The van der Waals surface area contributed by atoms with Gasteiger partial charge in [0.05, 0.1) is 6.07 Å². The molecule has 0 amide bonds. The van der Waals surface area contributed by atoms with E-state index < -0.39 is 5.97 Å². The maximum atomic E-state index is 10.3. The Hall–Kier alpha value is -1.56. The molecular weight excluding hydrogens is 142 g/mol. The average molecular weight is 151 g/mol. The van der Waals surface area contributed by atoms with Crippen molar-refractivity contribution in [3.05, 3.63) is 23.3 Å². The van der Waals surface area contributed by atoms with E-state index in [1.807, 2.05) is 6.07 Å². The van der Waals surface area contributed by atoms with E-state index >= 15 is 0 Å². The molecule has 0 saturated heterocycles. The topological polar surface area (TPSA) is 61.1 Å². The first-order chi connectivity index (χ1) is 5.11. The Morgan fingerprint density at radius 1 is 1.64 bits per heavy atom. The Bertz CT molecular complexity index is 256. The van der Waals surface area contributed by atoms with Gasteiger partial charge < -0.3 is 5.11 Å². The van der Waals surface area contributed by atoms with Crippen LogP contribution in [0, 0.1) is 11.3 Å².